The molecule has 1 aliphatic rings. The highest BCUT2D eigenvalue weighted by atomic mass is 16.2. The minimum Gasteiger partial charge on any atom is -0.344 e. The highest BCUT2D eigenvalue weighted by Crippen LogP contribution is 2.27. The molecule has 2 aromatic carbocycles. The molecule has 29 heavy (non-hydrogen) atoms. The van der Waals surface area contributed by atoms with E-state index in [0.29, 0.717) is 12.1 Å². The van der Waals surface area contributed by atoms with Crippen LogP contribution in [-0.4, -0.2) is 32.3 Å². The van der Waals surface area contributed by atoms with Gasteiger partial charge in [0.2, 0.25) is 5.91 Å². The van der Waals surface area contributed by atoms with Gasteiger partial charge in [0.25, 0.3) is 5.91 Å². The number of benzene rings is 2. The van der Waals surface area contributed by atoms with E-state index < -0.39 is 6.04 Å². The van der Waals surface area contributed by atoms with E-state index >= 15 is 0 Å². The predicted molar refractivity (Wildman–Crippen MR) is 112 cm³/mol. The quantitative estimate of drug-likeness (QED) is 0.726. The van der Waals surface area contributed by atoms with E-state index in [9.17, 15) is 9.59 Å². The zero-order valence-corrected chi connectivity index (χ0v) is 17.2. The number of hydrogen-bond donors (Lipinski definition) is 1. The van der Waals surface area contributed by atoms with Gasteiger partial charge in [-0.2, -0.15) is 0 Å². The molecule has 150 valence electrons. The average molecular weight is 390 g/mol. The third kappa shape index (κ3) is 3.28. The Balaban J connectivity index is 1.57. The second-order valence-corrected chi connectivity index (χ2v) is 8.01. The Bertz CT molecular complexity index is 1090. The zero-order valence-electron chi connectivity index (χ0n) is 17.2. The van der Waals surface area contributed by atoms with Crippen molar-refractivity contribution < 1.29 is 9.59 Å². The molecule has 1 aromatic heterocycles. The van der Waals surface area contributed by atoms with Crippen LogP contribution in [0.4, 0.5) is 0 Å². The van der Waals surface area contributed by atoms with Crippen molar-refractivity contribution in [3.8, 4) is 0 Å². The minimum atomic E-state index is -0.564. The molecule has 6 heteroatoms. The number of carbonyl (C=O) groups excluding carboxylic acids is 2. The number of fused-ring (bicyclic) bond motifs is 2. The van der Waals surface area contributed by atoms with E-state index in [4.69, 9.17) is 4.98 Å². The third-order valence-electron chi connectivity index (χ3n) is 5.76. The number of hydrogen-bond acceptors (Lipinski definition) is 3. The normalized spacial score (nSPS) is 15.6. The molecular formula is C23H26N4O2. The molecule has 2 atom stereocenters. The van der Waals surface area contributed by atoms with Crippen LogP contribution in [0.5, 0.6) is 0 Å². The molecule has 0 spiro atoms. The fraction of sp³-hybridized carbons (Fsp3) is 0.348. The molecule has 0 aliphatic carbocycles. The van der Waals surface area contributed by atoms with Crippen LogP contribution in [0.25, 0.3) is 11.0 Å². The molecule has 1 N–H and O–H groups in total. The van der Waals surface area contributed by atoms with Crippen LogP contribution in [0, 0.1) is 5.92 Å². The molecule has 4 rings (SSSR count). The highest BCUT2D eigenvalue weighted by Gasteiger charge is 2.35. The summed E-state index contributed by atoms with van der Waals surface area (Å²) in [4.78, 5) is 32.2. The summed E-state index contributed by atoms with van der Waals surface area (Å²) in [6, 6.07) is 14.7. The lowest BCUT2D eigenvalue weighted by molar-refractivity contribution is -0.126. The molecular weight excluding hydrogens is 364 g/mol. The van der Waals surface area contributed by atoms with Crippen molar-refractivity contribution in [1.82, 2.24) is 19.8 Å². The van der Waals surface area contributed by atoms with E-state index in [1.54, 1.807) is 11.8 Å². The average Bonchev–Trinajstić information content (AvgIpc) is 3.23. The Hall–Kier alpha value is -3.15. The van der Waals surface area contributed by atoms with Crippen LogP contribution in [0.15, 0.2) is 48.5 Å². The Morgan fingerprint density at radius 3 is 2.45 bits per heavy atom. The summed E-state index contributed by atoms with van der Waals surface area (Å²) in [5.41, 5.74) is 3.58. The van der Waals surface area contributed by atoms with Crippen LogP contribution < -0.4 is 5.32 Å². The maximum absolute atomic E-state index is 13.1. The Labute approximate surface area is 170 Å². The van der Waals surface area contributed by atoms with Crippen molar-refractivity contribution in [3.05, 3.63) is 65.5 Å². The summed E-state index contributed by atoms with van der Waals surface area (Å²) in [5.74, 6) is 0.704. The number of nitrogens with one attached hydrogen (secondary N) is 1. The molecule has 0 saturated carbocycles. The lowest BCUT2D eigenvalue weighted by Crippen LogP contribution is -2.47. The summed E-state index contributed by atoms with van der Waals surface area (Å²) < 4.78 is 2.03. The number of para-hydroxylation sites is 2. The molecule has 2 amide bonds. The summed E-state index contributed by atoms with van der Waals surface area (Å²) in [7, 11) is 1.97. The van der Waals surface area contributed by atoms with Crippen molar-refractivity contribution in [2.45, 2.75) is 39.4 Å². The van der Waals surface area contributed by atoms with Gasteiger partial charge < -0.3 is 14.8 Å². The van der Waals surface area contributed by atoms with Gasteiger partial charge in [0.05, 0.1) is 17.1 Å². The molecule has 1 aliphatic heterocycles. The topological polar surface area (TPSA) is 67.2 Å². The van der Waals surface area contributed by atoms with Gasteiger partial charge in [0.15, 0.2) is 0 Å². The molecule has 0 fully saturated rings. The first-order valence-electron chi connectivity index (χ1n) is 9.99. The number of rotatable bonds is 5. The standard InChI is InChI=1S/C23H26N4O2/c1-14(2)20(21-24-18-11-7-8-12-19(18)26(21)4)25-22(28)15(3)27-13-16-9-5-6-10-17(16)23(27)29/h5-12,14-15,20H,13H2,1-4H3,(H,25,28)/t15-,20-/m1/s1. The van der Waals surface area contributed by atoms with Crippen molar-refractivity contribution in [1.29, 1.82) is 0 Å². The van der Waals surface area contributed by atoms with Crippen molar-refractivity contribution >= 4 is 22.8 Å². The van der Waals surface area contributed by atoms with E-state index in [2.05, 4.69) is 19.2 Å². The molecule has 0 bridgehead atoms. The number of imidazole rings is 1. The van der Waals surface area contributed by atoms with E-state index in [0.717, 1.165) is 22.4 Å². The summed E-state index contributed by atoms with van der Waals surface area (Å²) in [5, 5.41) is 3.14. The van der Waals surface area contributed by atoms with Crippen LogP contribution in [-0.2, 0) is 18.4 Å². The lowest BCUT2D eigenvalue weighted by Gasteiger charge is -2.28. The zero-order chi connectivity index (χ0) is 20.7. The monoisotopic (exact) mass is 390 g/mol. The van der Waals surface area contributed by atoms with Gasteiger partial charge in [-0.05, 0) is 36.6 Å². The fourth-order valence-corrected chi connectivity index (χ4v) is 3.98. The Morgan fingerprint density at radius 2 is 1.76 bits per heavy atom. The van der Waals surface area contributed by atoms with Gasteiger partial charge >= 0.3 is 0 Å². The number of carbonyl (C=O) groups is 2. The van der Waals surface area contributed by atoms with Gasteiger partial charge in [-0.15, -0.1) is 0 Å². The highest BCUT2D eigenvalue weighted by molar-refractivity contribution is 6.01. The van der Waals surface area contributed by atoms with Crippen LogP contribution >= 0.6 is 0 Å². The second-order valence-electron chi connectivity index (χ2n) is 8.01. The Kier molecular flexibility index (Phi) is 4.86. The summed E-state index contributed by atoms with van der Waals surface area (Å²) in [6.07, 6.45) is 0. The van der Waals surface area contributed by atoms with Crippen molar-refractivity contribution in [2.75, 3.05) is 0 Å². The predicted octanol–water partition coefficient (Wildman–Crippen LogP) is 3.43. The largest absolute Gasteiger partial charge is 0.344 e. The van der Waals surface area contributed by atoms with Crippen LogP contribution in [0.1, 0.15) is 48.6 Å². The van der Waals surface area contributed by atoms with Crippen LogP contribution in [0.2, 0.25) is 0 Å². The molecule has 0 saturated heterocycles. The van der Waals surface area contributed by atoms with Crippen molar-refractivity contribution in [3.63, 3.8) is 0 Å². The van der Waals surface area contributed by atoms with E-state index in [1.165, 1.54) is 0 Å². The van der Waals surface area contributed by atoms with Crippen LogP contribution in [0.3, 0.4) is 0 Å². The first-order chi connectivity index (χ1) is 13.9. The molecule has 2 heterocycles. The van der Waals surface area contributed by atoms with E-state index in [1.807, 2.05) is 60.1 Å². The van der Waals surface area contributed by atoms with Gasteiger partial charge in [-0.1, -0.05) is 44.2 Å². The fourth-order valence-electron chi connectivity index (χ4n) is 3.98. The summed E-state index contributed by atoms with van der Waals surface area (Å²) in [6.45, 7) is 6.37. The molecule has 3 aromatic rings. The second kappa shape index (κ2) is 7.35. The Morgan fingerprint density at radius 1 is 1.07 bits per heavy atom. The SMILES string of the molecule is CC(C)[C@@H](NC(=O)[C@@H](C)N1Cc2ccccc2C1=O)c1nc2ccccc2n1C. The first kappa shape index (κ1) is 19.2. The van der Waals surface area contributed by atoms with Gasteiger partial charge in [-0.3, -0.25) is 9.59 Å². The molecule has 6 nitrogen and oxygen atoms in total. The molecule has 0 unspecified atom stereocenters. The number of aryl methyl sites for hydroxylation is 1. The number of nitrogens with zero attached hydrogens (tertiary/aromatic N) is 3. The van der Waals surface area contributed by atoms with E-state index in [-0.39, 0.29) is 23.8 Å². The van der Waals surface area contributed by atoms with Gasteiger partial charge in [0.1, 0.15) is 11.9 Å². The number of aromatic nitrogens is 2. The third-order valence-corrected chi connectivity index (χ3v) is 5.76. The summed E-state index contributed by atoms with van der Waals surface area (Å²) >= 11 is 0. The number of amides is 2. The van der Waals surface area contributed by atoms with Gasteiger partial charge in [-0.25, -0.2) is 4.98 Å². The molecule has 0 radical (unpaired) electrons. The lowest BCUT2D eigenvalue weighted by atomic mass is 10.0. The smallest absolute Gasteiger partial charge is 0.255 e. The maximum Gasteiger partial charge on any atom is 0.255 e. The van der Waals surface area contributed by atoms with Crippen molar-refractivity contribution in [2.24, 2.45) is 13.0 Å². The van der Waals surface area contributed by atoms with Gasteiger partial charge in [0, 0.05) is 19.2 Å². The minimum absolute atomic E-state index is 0.0907. The first-order valence-corrected chi connectivity index (χ1v) is 9.99. The maximum atomic E-state index is 13.1.